The molecule has 2 N–H and O–H groups in total. The number of esters is 2. The van der Waals surface area contributed by atoms with E-state index in [2.05, 4.69) is 13.8 Å². The van der Waals surface area contributed by atoms with E-state index in [4.69, 9.17) is 18.9 Å². The van der Waals surface area contributed by atoms with E-state index in [1.165, 1.54) is 128 Å². The number of ether oxygens (including phenoxy) is 4. The second kappa shape index (κ2) is 29.1. The molecule has 0 bridgehead atoms. The summed E-state index contributed by atoms with van der Waals surface area (Å²) < 4.78 is 22.4. The van der Waals surface area contributed by atoms with Gasteiger partial charge in [-0.3, -0.25) is 0 Å². The number of hydrogen-bond donors (Lipinski definition) is 2. The summed E-state index contributed by atoms with van der Waals surface area (Å²) in [5, 5.41) is 21.1. The van der Waals surface area contributed by atoms with Gasteiger partial charge in [-0.25, -0.2) is 9.59 Å². The summed E-state index contributed by atoms with van der Waals surface area (Å²) in [5.41, 5.74) is 0.497. The van der Waals surface area contributed by atoms with Crippen LogP contribution in [0.3, 0.4) is 0 Å². The first-order valence-electron chi connectivity index (χ1n) is 21.9. The molecule has 0 aliphatic heterocycles. The van der Waals surface area contributed by atoms with Crippen LogP contribution in [0.2, 0.25) is 0 Å². The number of phenols is 2. The number of rotatable bonds is 32. The second-order valence-corrected chi connectivity index (χ2v) is 15.1. The van der Waals surface area contributed by atoms with Gasteiger partial charge in [-0.15, -0.1) is 0 Å². The van der Waals surface area contributed by atoms with E-state index in [1.807, 2.05) is 0 Å². The standard InChI is InChI=1S/C48H70O8/c1-3-5-7-9-11-13-15-17-19-21-23-25-35-53-41-31-27-39(28-32-41)47(51)55-45-37-44(50)46(38-43(45)49)56-48(52)40-29-33-42(34-30-40)54-36-26-24-22-20-18-16-14-12-10-8-6-4-2/h27-34,37-38,49-50H,3-26,35-36H2,1-2H3. The summed E-state index contributed by atoms with van der Waals surface area (Å²) in [7, 11) is 0. The van der Waals surface area contributed by atoms with Gasteiger partial charge in [0.15, 0.2) is 23.0 Å². The van der Waals surface area contributed by atoms with Gasteiger partial charge in [0.1, 0.15) is 11.5 Å². The number of carbonyl (C=O) groups excluding carboxylic acids is 2. The second-order valence-electron chi connectivity index (χ2n) is 15.1. The summed E-state index contributed by atoms with van der Waals surface area (Å²) in [6, 6.07) is 15.2. The molecule has 0 atom stereocenters. The zero-order valence-electron chi connectivity index (χ0n) is 34.5. The minimum Gasteiger partial charge on any atom is -0.504 e. The van der Waals surface area contributed by atoms with Gasteiger partial charge in [0.05, 0.1) is 24.3 Å². The first-order chi connectivity index (χ1) is 27.4. The molecule has 0 spiro atoms. The highest BCUT2D eigenvalue weighted by Gasteiger charge is 2.19. The zero-order chi connectivity index (χ0) is 40.1. The van der Waals surface area contributed by atoms with Gasteiger partial charge in [0, 0.05) is 12.1 Å². The van der Waals surface area contributed by atoms with Crippen LogP contribution in [0.25, 0.3) is 0 Å². The molecule has 0 aliphatic rings. The van der Waals surface area contributed by atoms with Gasteiger partial charge in [-0.2, -0.15) is 0 Å². The summed E-state index contributed by atoms with van der Waals surface area (Å²) in [6.07, 6.45) is 30.8. The van der Waals surface area contributed by atoms with Crippen LogP contribution in [-0.4, -0.2) is 35.4 Å². The maximum absolute atomic E-state index is 12.8. The topological polar surface area (TPSA) is 112 Å². The van der Waals surface area contributed by atoms with Crippen molar-refractivity contribution < 1.29 is 38.7 Å². The Morgan fingerprint density at radius 1 is 0.411 bits per heavy atom. The van der Waals surface area contributed by atoms with Crippen LogP contribution in [0.1, 0.15) is 189 Å². The predicted octanol–water partition coefficient (Wildman–Crippen LogP) is 13.7. The lowest BCUT2D eigenvalue weighted by Gasteiger charge is -2.11. The van der Waals surface area contributed by atoms with Crippen LogP contribution >= 0.6 is 0 Å². The first kappa shape index (κ1) is 46.2. The van der Waals surface area contributed by atoms with Crippen molar-refractivity contribution in [2.45, 2.75) is 168 Å². The molecular weight excluding hydrogens is 705 g/mol. The highest BCUT2D eigenvalue weighted by atomic mass is 16.6. The normalized spacial score (nSPS) is 11.0. The fraction of sp³-hybridized carbons (Fsp3) is 0.583. The average Bonchev–Trinajstić information content (AvgIpc) is 3.20. The largest absolute Gasteiger partial charge is 0.504 e. The molecule has 3 aromatic rings. The quantitative estimate of drug-likeness (QED) is 0.0279. The monoisotopic (exact) mass is 775 g/mol. The Kier molecular flexibility index (Phi) is 24.0. The Balaban J connectivity index is 1.30. The van der Waals surface area contributed by atoms with Crippen molar-refractivity contribution in [1.82, 2.24) is 0 Å². The Morgan fingerprint density at radius 3 is 0.964 bits per heavy atom. The molecule has 0 aliphatic carbocycles. The van der Waals surface area contributed by atoms with Crippen molar-refractivity contribution in [3.63, 3.8) is 0 Å². The van der Waals surface area contributed by atoms with Crippen molar-refractivity contribution in [2.24, 2.45) is 0 Å². The van der Waals surface area contributed by atoms with Gasteiger partial charge in [-0.05, 0) is 61.4 Å². The van der Waals surface area contributed by atoms with Gasteiger partial charge in [-0.1, -0.05) is 155 Å². The highest BCUT2D eigenvalue weighted by Crippen LogP contribution is 2.39. The molecule has 56 heavy (non-hydrogen) atoms. The van der Waals surface area contributed by atoms with E-state index in [0.29, 0.717) is 24.7 Å². The highest BCUT2D eigenvalue weighted by molar-refractivity contribution is 5.92. The van der Waals surface area contributed by atoms with Crippen LogP contribution in [0.4, 0.5) is 0 Å². The van der Waals surface area contributed by atoms with E-state index < -0.39 is 23.4 Å². The first-order valence-corrected chi connectivity index (χ1v) is 21.9. The fourth-order valence-corrected chi connectivity index (χ4v) is 6.66. The molecular formula is C48H70O8. The van der Waals surface area contributed by atoms with Gasteiger partial charge in [0.2, 0.25) is 0 Å². The van der Waals surface area contributed by atoms with Crippen molar-refractivity contribution in [3.8, 4) is 34.5 Å². The maximum Gasteiger partial charge on any atom is 0.343 e. The Bertz CT molecular complexity index is 1370. The third-order valence-corrected chi connectivity index (χ3v) is 10.2. The molecule has 0 unspecified atom stereocenters. The molecule has 0 radical (unpaired) electrons. The maximum atomic E-state index is 12.8. The minimum absolute atomic E-state index is 0.249. The molecule has 3 aromatic carbocycles. The van der Waals surface area contributed by atoms with Crippen LogP contribution in [-0.2, 0) is 0 Å². The summed E-state index contributed by atoms with van der Waals surface area (Å²) in [4.78, 5) is 25.6. The number of phenolic OH excluding ortho intramolecular Hbond substituents is 2. The van der Waals surface area contributed by atoms with Crippen molar-refractivity contribution in [1.29, 1.82) is 0 Å². The van der Waals surface area contributed by atoms with Gasteiger partial charge in [0.25, 0.3) is 0 Å². The lowest BCUT2D eigenvalue weighted by molar-refractivity contribution is 0.0711. The Morgan fingerprint density at radius 2 is 0.679 bits per heavy atom. The van der Waals surface area contributed by atoms with Crippen LogP contribution in [0.5, 0.6) is 34.5 Å². The zero-order valence-corrected chi connectivity index (χ0v) is 34.5. The third-order valence-electron chi connectivity index (χ3n) is 10.2. The van der Waals surface area contributed by atoms with Gasteiger partial charge >= 0.3 is 11.9 Å². The van der Waals surface area contributed by atoms with E-state index in [-0.39, 0.29) is 22.6 Å². The van der Waals surface area contributed by atoms with E-state index in [0.717, 1.165) is 37.8 Å². The molecule has 310 valence electrons. The molecule has 0 saturated carbocycles. The van der Waals surface area contributed by atoms with Crippen LogP contribution in [0.15, 0.2) is 60.7 Å². The molecule has 0 saturated heterocycles. The molecule has 8 heteroatoms. The Hall–Kier alpha value is -4.20. The van der Waals surface area contributed by atoms with Crippen molar-refractivity contribution in [2.75, 3.05) is 13.2 Å². The van der Waals surface area contributed by atoms with E-state index in [1.54, 1.807) is 48.5 Å². The molecule has 8 nitrogen and oxygen atoms in total. The Labute approximate surface area is 337 Å². The molecule has 0 amide bonds. The van der Waals surface area contributed by atoms with Gasteiger partial charge < -0.3 is 29.2 Å². The van der Waals surface area contributed by atoms with Crippen LogP contribution < -0.4 is 18.9 Å². The van der Waals surface area contributed by atoms with Crippen LogP contribution in [0, 0.1) is 0 Å². The smallest absolute Gasteiger partial charge is 0.343 e. The molecule has 0 heterocycles. The molecule has 3 rings (SSSR count). The fourth-order valence-electron chi connectivity index (χ4n) is 6.66. The predicted molar refractivity (Wildman–Crippen MR) is 226 cm³/mol. The average molecular weight is 775 g/mol. The number of benzene rings is 3. The van der Waals surface area contributed by atoms with Crippen molar-refractivity contribution >= 4 is 11.9 Å². The molecule has 0 fully saturated rings. The lowest BCUT2D eigenvalue weighted by atomic mass is 10.1. The third kappa shape index (κ3) is 19.6. The SMILES string of the molecule is CCCCCCCCCCCCCCOc1ccc(C(=O)Oc2cc(O)c(OC(=O)c3ccc(OCCCCCCCCCCCCCC)cc3)cc2O)cc1. The van der Waals surface area contributed by atoms with E-state index >= 15 is 0 Å². The van der Waals surface area contributed by atoms with Crippen molar-refractivity contribution in [3.05, 3.63) is 71.8 Å². The number of hydrogen-bond acceptors (Lipinski definition) is 8. The number of aromatic hydroxyl groups is 2. The lowest BCUT2D eigenvalue weighted by Crippen LogP contribution is -2.10. The number of unbranched alkanes of at least 4 members (excludes halogenated alkanes) is 22. The summed E-state index contributed by atoms with van der Waals surface area (Å²) in [5.74, 6) is -1.60. The summed E-state index contributed by atoms with van der Waals surface area (Å²) >= 11 is 0. The number of carbonyl (C=O) groups is 2. The summed E-state index contributed by atoms with van der Waals surface area (Å²) in [6.45, 7) is 5.74. The minimum atomic E-state index is -0.724. The molecule has 0 aromatic heterocycles. The van der Waals surface area contributed by atoms with E-state index in [9.17, 15) is 19.8 Å².